The zero-order valence-corrected chi connectivity index (χ0v) is 9.72. The average Bonchev–Trinajstić information content (AvgIpc) is 2.74. The number of aliphatic hydroxyl groups excluding tert-OH is 1. The summed E-state index contributed by atoms with van der Waals surface area (Å²) in [6.45, 7) is 2.60. The molecular weight excluding hydrogens is 212 g/mol. The van der Waals surface area contributed by atoms with E-state index in [-0.39, 0.29) is 6.61 Å². The predicted molar refractivity (Wildman–Crippen MR) is 66.5 cm³/mol. The van der Waals surface area contributed by atoms with Crippen LogP contribution >= 0.6 is 0 Å². The summed E-state index contributed by atoms with van der Waals surface area (Å²) >= 11 is 0. The van der Waals surface area contributed by atoms with E-state index in [1.54, 1.807) is 0 Å². The van der Waals surface area contributed by atoms with Gasteiger partial charge in [-0.3, -0.25) is 4.68 Å². The Morgan fingerprint density at radius 1 is 1.35 bits per heavy atom. The lowest BCUT2D eigenvalue weighted by atomic mass is 10.1. The van der Waals surface area contributed by atoms with E-state index >= 15 is 0 Å². The SMILES string of the molecule is Cc1cnn(Cc2ccccc2C#CCO)c1. The largest absolute Gasteiger partial charge is 0.384 e. The molecule has 3 heteroatoms. The first-order valence-corrected chi connectivity index (χ1v) is 5.46. The molecule has 0 saturated heterocycles. The minimum absolute atomic E-state index is 0.116. The Hall–Kier alpha value is -2.05. The number of benzene rings is 1. The molecule has 3 nitrogen and oxygen atoms in total. The lowest BCUT2D eigenvalue weighted by molar-refractivity contribution is 0.350. The van der Waals surface area contributed by atoms with Crippen LogP contribution in [0, 0.1) is 18.8 Å². The van der Waals surface area contributed by atoms with E-state index in [1.165, 1.54) is 0 Å². The molecule has 0 aliphatic rings. The van der Waals surface area contributed by atoms with E-state index < -0.39 is 0 Å². The first kappa shape index (κ1) is 11.4. The molecule has 0 aliphatic carbocycles. The van der Waals surface area contributed by atoms with E-state index in [9.17, 15) is 0 Å². The van der Waals surface area contributed by atoms with E-state index in [0.717, 1.165) is 16.7 Å². The maximum atomic E-state index is 8.72. The number of hydrogen-bond acceptors (Lipinski definition) is 2. The number of aromatic nitrogens is 2. The summed E-state index contributed by atoms with van der Waals surface area (Å²) in [5, 5.41) is 13.0. The van der Waals surface area contributed by atoms with Gasteiger partial charge in [0.05, 0.1) is 12.7 Å². The van der Waals surface area contributed by atoms with Crippen LogP contribution in [0.4, 0.5) is 0 Å². The van der Waals surface area contributed by atoms with Gasteiger partial charge in [-0.15, -0.1) is 0 Å². The van der Waals surface area contributed by atoms with Gasteiger partial charge in [-0.1, -0.05) is 30.0 Å². The van der Waals surface area contributed by atoms with Gasteiger partial charge in [0, 0.05) is 11.8 Å². The summed E-state index contributed by atoms with van der Waals surface area (Å²) in [5.74, 6) is 5.62. The third-order valence-corrected chi connectivity index (χ3v) is 2.41. The van der Waals surface area contributed by atoms with Crippen LogP contribution in [0.15, 0.2) is 36.7 Å². The molecule has 0 saturated carbocycles. The monoisotopic (exact) mass is 226 g/mol. The van der Waals surface area contributed by atoms with Crippen molar-refractivity contribution >= 4 is 0 Å². The summed E-state index contributed by atoms with van der Waals surface area (Å²) in [4.78, 5) is 0. The van der Waals surface area contributed by atoms with Gasteiger partial charge in [0.25, 0.3) is 0 Å². The van der Waals surface area contributed by atoms with Crippen LogP contribution in [0.3, 0.4) is 0 Å². The highest BCUT2D eigenvalue weighted by atomic mass is 16.2. The Bertz CT molecular complexity index is 561. The molecule has 2 rings (SSSR count). The summed E-state index contributed by atoms with van der Waals surface area (Å²) in [6, 6.07) is 7.90. The van der Waals surface area contributed by atoms with Crippen LogP contribution < -0.4 is 0 Å². The number of rotatable bonds is 2. The Morgan fingerprint density at radius 3 is 2.88 bits per heavy atom. The normalized spacial score (nSPS) is 9.76. The van der Waals surface area contributed by atoms with Gasteiger partial charge < -0.3 is 5.11 Å². The lowest BCUT2D eigenvalue weighted by Crippen LogP contribution is -2.01. The van der Waals surface area contributed by atoms with E-state index in [2.05, 4.69) is 16.9 Å². The second kappa shape index (κ2) is 5.33. The zero-order chi connectivity index (χ0) is 12.1. The van der Waals surface area contributed by atoms with Gasteiger partial charge >= 0.3 is 0 Å². The van der Waals surface area contributed by atoms with Crippen molar-refractivity contribution < 1.29 is 5.11 Å². The number of hydrogen-bond donors (Lipinski definition) is 1. The van der Waals surface area contributed by atoms with Crippen molar-refractivity contribution in [3.63, 3.8) is 0 Å². The Morgan fingerprint density at radius 2 is 2.18 bits per heavy atom. The Kier molecular flexibility index (Phi) is 3.59. The number of aryl methyl sites for hydroxylation is 1. The molecule has 2 aromatic rings. The van der Waals surface area contributed by atoms with Crippen LogP contribution in [0.25, 0.3) is 0 Å². The van der Waals surface area contributed by atoms with Crippen molar-refractivity contribution in [3.05, 3.63) is 53.3 Å². The zero-order valence-electron chi connectivity index (χ0n) is 9.72. The van der Waals surface area contributed by atoms with E-state index in [0.29, 0.717) is 6.54 Å². The van der Waals surface area contributed by atoms with E-state index in [1.807, 2.05) is 48.3 Å². The fourth-order valence-corrected chi connectivity index (χ4v) is 1.64. The highest BCUT2D eigenvalue weighted by Gasteiger charge is 2.01. The second-order valence-corrected chi connectivity index (χ2v) is 3.83. The molecule has 86 valence electrons. The number of aliphatic hydroxyl groups is 1. The standard InChI is InChI=1S/C14H14N2O/c1-12-9-15-16(10-12)11-14-6-3-2-5-13(14)7-4-8-17/h2-3,5-6,9-10,17H,8,11H2,1H3. The van der Waals surface area contributed by atoms with Crippen LogP contribution in [0.2, 0.25) is 0 Å². The highest BCUT2D eigenvalue weighted by molar-refractivity contribution is 5.41. The summed E-state index contributed by atoms with van der Waals surface area (Å²) in [6.07, 6.45) is 3.83. The van der Waals surface area contributed by atoms with Gasteiger partial charge in [-0.05, 0) is 24.1 Å². The van der Waals surface area contributed by atoms with Crippen LogP contribution in [-0.4, -0.2) is 21.5 Å². The predicted octanol–water partition coefficient (Wildman–Crippen LogP) is 1.58. The maximum Gasteiger partial charge on any atom is 0.104 e. The van der Waals surface area contributed by atoms with Gasteiger partial charge in [-0.25, -0.2) is 0 Å². The summed E-state index contributed by atoms with van der Waals surface area (Å²) in [5.41, 5.74) is 3.19. The molecule has 0 amide bonds. The minimum atomic E-state index is -0.116. The van der Waals surface area contributed by atoms with Gasteiger partial charge in [0.2, 0.25) is 0 Å². The average molecular weight is 226 g/mol. The van der Waals surface area contributed by atoms with Crippen molar-refractivity contribution in [2.45, 2.75) is 13.5 Å². The fourth-order valence-electron chi connectivity index (χ4n) is 1.64. The first-order chi connectivity index (χ1) is 8.29. The lowest BCUT2D eigenvalue weighted by Gasteiger charge is -2.04. The quantitative estimate of drug-likeness (QED) is 0.790. The van der Waals surface area contributed by atoms with Crippen molar-refractivity contribution in [2.24, 2.45) is 0 Å². The van der Waals surface area contributed by atoms with Gasteiger partial charge in [0.1, 0.15) is 6.61 Å². The van der Waals surface area contributed by atoms with Crippen molar-refractivity contribution in [1.82, 2.24) is 9.78 Å². The first-order valence-electron chi connectivity index (χ1n) is 5.46. The molecule has 0 radical (unpaired) electrons. The molecule has 0 bridgehead atoms. The minimum Gasteiger partial charge on any atom is -0.384 e. The molecule has 0 fully saturated rings. The molecular formula is C14H14N2O. The molecule has 1 heterocycles. The molecule has 0 aliphatic heterocycles. The maximum absolute atomic E-state index is 8.72. The third-order valence-electron chi connectivity index (χ3n) is 2.41. The molecule has 0 atom stereocenters. The van der Waals surface area contributed by atoms with Crippen molar-refractivity contribution in [2.75, 3.05) is 6.61 Å². The van der Waals surface area contributed by atoms with Crippen LogP contribution in [-0.2, 0) is 6.54 Å². The molecule has 17 heavy (non-hydrogen) atoms. The number of nitrogens with zero attached hydrogens (tertiary/aromatic N) is 2. The summed E-state index contributed by atoms with van der Waals surface area (Å²) < 4.78 is 1.88. The smallest absolute Gasteiger partial charge is 0.104 e. The molecule has 0 spiro atoms. The molecule has 1 aromatic carbocycles. The van der Waals surface area contributed by atoms with Crippen molar-refractivity contribution in [1.29, 1.82) is 0 Å². The van der Waals surface area contributed by atoms with Crippen LogP contribution in [0.1, 0.15) is 16.7 Å². The summed E-state index contributed by atoms with van der Waals surface area (Å²) in [7, 11) is 0. The third kappa shape index (κ3) is 2.96. The van der Waals surface area contributed by atoms with Gasteiger partial charge in [0.15, 0.2) is 0 Å². The molecule has 0 unspecified atom stereocenters. The Balaban J connectivity index is 2.26. The molecule has 1 N–H and O–H groups in total. The topological polar surface area (TPSA) is 38.0 Å². The van der Waals surface area contributed by atoms with E-state index in [4.69, 9.17) is 5.11 Å². The Labute approximate surface area is 101 Å². The van der Waals surface area contributed by atoms with Gasteiger partial charge in [-0.2, -0.15) is 5.10 Å². The van der Waals surface area contributed by atoms with Crippen LogP contribution in [0.5, 0.6) is 0 Å². The molecule has 1 aromatic heterocycles. The second-order valence-electron chi connectivity index (χ2n) is 3.83. The fraction of sp³-hybridized carbons (Fsp3) is 0.214. The highest BCUT2D eigenvalue weighted by Crippen LogP contribution is 2.09. The van der Waals surface area contributed by atoms with Crippen molar-refractivity contribution in [3.8, 4) is 11.8 Å².